The molecule has 0 saturated heterocycles. The van der Waals surface area contributed by atoms with Crippen molar-refractivity contribution in [2.45, 2.75) is 6.92 Å². The molecule has 25 heavy (non-hydrogen) atoms. The number of hydrogen-bond acceptors (Lipinski definition) is 4. The molecular weight excluding hydrogens is 330 g/mol. The number of nitrogens with one attached hydrogen (secondary N) is 2. The molecular formula is C19H17N5S. The molecule has 0 aliphatic rings. The van der Waals surface area contributed by atoms with Crippen molar-refractivity contribution in [3.8, 4) is 11.4 Å². The lowest BCUT2D eigenvalue weighted by atomic mass is 10.1. The Bertz CT molecular complexity index is 893. The maximum atomic E-state index is 5.21. The number of anilines is 1. The first-order valence-corrected chi connectivity index (χ1v) is 8.16. The summed E-state index contributed by atoms with van der Waals surface area (Å²) in [6, 6.07) is 17.4. The Hall–Kier alpha value is -3.12. The maximum Gasteiger partial charge on any atom is 0.191 e. The third kappa shape index (κ3) is 4.92. The number of aromatic nitrogens is 2. The minimum absolute atomic E-state index is 0.428. The van der Waals surface area contributed by atoms with Gasteiger partial charge in [0.25, 0.3) is 0 Å². The summed E-state index contributed by atoms with van der Waals surface area (Å²) in [6.45, 7) is 2.03. The van der Waals surface area contributed by atoms with E-state index in [4.69, 9.17) is 12.2 Å². The minimum Gasteiger partial charge on any atom is -0.331 e. The first kappa shape index (κ1) is 16.7. The summed E-state index contributed by atoms with van der Waals surface area (Å²) in [7, 11) is 0. The highest BCUT2D eigenvalue weighted by molar-refractivity contribution is 7.80. The van der Waals surface area contributed by atoms with E-state index >= 15 is 0 Å². The number of rotatable bonds is 4. The normalized spacial score (nSPS) is 10.6. The van der Waals surface area contributed by atoms with E-state index < -0.39 is 0 Å². The van der Waals surface area contributed by atoms with E-state index in [9.17, 15) is 0 Å². The Kier molecular flexibility index (Phi) is 5.43. The average molecular weight is 347 g/mol. The third-order valence-electron chi connectivity index (χ3n) is 3.37. The Morgan fingerprint density at radius 3 is 2.48 bits per heavy atom. The van der Waals surface area contributed by atoms with E-state index in [-0.39, 0.29) is 0 Å². The number of pyridine rings is 2. The van der Waals surface area contributed by atoms with Crippen LogP contribution in [-0.2, 0) is 0 Å². The van der Waals surface area contributed by atoms with Crippen molar-refractivity contribution in [3.63, 3.8) is 0 Å². The van der Waals surface area contributed by atoms with Gasteiger partial charge in [0.15, 0.2) is 5.11 Å². The number of hydrogen-bond donors (Lipinski definition) is 2. The van der Waals surface area contributed by atoms with Gasteiger partial charge in [-0.3, -0.25) is 15.4 Å². The van der Waals surface area contributed by atoms with Crippen molar-refractivity contribution < 1.29 is 0 Å². The van der Waals surface area contributed by atoms with Gasteiger partial charge >= 0.3 is 0 Å². The molecule has 2 N–H and O–H groups in total. The zero-order valence-electron chi connectivity index (χ0n) is 13.7. The Morgan fingerprint density at radius 1 is 1.00 bits per heavy atom. The average Bonchev–Trinajstić information content (AvgIpc) is 2.63. The molecule has 0 amide bonds. The molecule has 0 spiro atoms. The lowest BCUT2D eigenvalue weighted by Crippen LogP contribution is -2.23. The number of thiocarbonyl (C=S) groups is 1. The number of hydrazone groups is 1. The summed E-state index contributed by atoms with van der Waals surface area (Å²) < 4.78 is 0. The fourth-order valence-electron chi connectivity index (χ4n) is 2.19. The summed E-state index contributed by atoms with van der Waals surface area (Å²) in [4.78, 5) is 8.72. The quantitative estimate of drug-likeness (QED) is 0.427. The van der Waals surface area contributed by atoms with Crippen molar-refractivity contribution >= 4 is 29.2 Å². The van der Waals surface area contributed by atoms with Crippen LogP contribution in [-0.4, -0.2) is 21.3 Å². The van der Waals surface area contributed by atoms with E-state index in [2.05, 4.69) is 25.8 Å². The molecule has 0 aliphatic heterocycles. The fourth-order valence-corrected chi connectivity index (χ4v) is 2.36. The van der Waals surface area contributed by atoms with Crippen molar-refractivity contribution in [2.24, 2.45) is 5.10 Å². The minimum atomic E-state index is 0.428. The molecule has 0 radical (unpaired) electrons. The molecule has 0 bridgehead atoms. The first-order valence-electron chi connectivity index (χ1n) is 7.75. The second-order valence-electron chi connectivity index (χ2n) is 5.38. The summed E-state index contributed by atoms with van der Waals surface area (Å²) >= 11 is 5.21. The predicted octanol–water partition coefficient (Wildman–Crippen LogP) is 3.77. The van der Waals surface area contributed by atoms with Crippen LogP contribution in [0.15, 0.2) is 72.1 Å². The number of benzene rings is 1. The van der Waals surface area contributed by atoms with Gasteiger partial charge in [-0.15, -0.1) is 0 Å². The van der Waals surface area contributed by atoms with Crippen molar-refractivity contribution in [3.05, 3.63) is 78.1 Å². The molecule has 2 heterocycles. The van der Waals surface area contributed by atoms with Crippen LogP contribution in [0.1, 0.15) is 11.1 Å². The van der Waals surface area contributed by atoms with Gasteiger partial charge < -0.3 is 5.32 Å². The van der Waals surface area contributed by atoms with Crippen LogP contribution >= 0.6 is 12.2 Å². The molecule has 1 aromatic carbocycles. The smallest absolute Gasteiger partial charge is 0.191 e. The zero-order valence-corrected chi connectivity index (χ0v) is 14.5. The molecule has 0 saturated carbocycles. The summed E-state index contributed by atoms with van der Waals surface area (Å²) in [5.74, 6) is 0. The highest BCUT2D eigenvalue weighted by Crippen LogP contribution is 2.15. The van der Waals surface area contributed by atoms with E-state index in [1.54, 1.807) is 18.6 Å². The summed E-state index contributed by atoms with van der Waals surface area (Å²) in [5, 5.41) is 7.65. The second-order valence-corrected chi connectivity index (χ2v) is 5.79. The largest absolute Gasteiger partial charge is 0.331 e. The van der Waals surface area contributed by atoms with Gasteiger partial charge in [0.2, 0.25) is 0 Å². The maximum absolute atomic E-state index is 5.21. The van der Waals surface area contributed by atoms with Crippen LogP contribution in [0.5, 0.6) is 0 Å². The number of aryl methyl sites for hydroxylation is 1. The molecule has 0 atom stereocenters. The van der Waals surface area contributed by atoms with E-state index in [0.717, 1.165) is 28.2 Å². The van der Waals surface area contributed by atoms with Crippen molar-refractivity contribution in [1.82, 2.24) is 15.4 Å². The van der Waals surface area contributed by atoms with Gasteiger partial charge in [-0.2, -0.15) is 5.10 Å². The fraction of sp³-hybridized carbons (Fsp3) is 0.0526. The molecule has 3 rings (SSSR count). The van der Waals surface area contributed by atoms with Crippen molar-refractivity contribution in [1.29, 1.82) is 0 Å². The predicted molar refractivity (Wildman–Crippen MR) is 106 cm³/mol. The molecule has 0 fully saturated rings. The monoisotopic (exact) mass is 347 g/mol. The topological polar surface area (TPSA) is 62.2 Å². The van der Waals surface area contributed by atoms with E-state index in [1.807, 2.05) is 61.5 Å². The molecule has 3 aromatic rings. The van der Waals surface area contributed by atoms with Gasteiger partial charge in [0.1, 0.15) is 0 Å². The van der Waals surface area contributed by atoms with Gasteiger partial charge in [-0.25, -0.2) is 0 Å². The van der Waals surface area contributed by atoms with Gasteiger partial charge in [-0.1, -0.05) is 18.2 Å². The van der Waals surface area contributed by atoms with Crippen LogP contribution < -0.4 is 10.7 Å². The van der Waals surface area contributed by atoms with E-state index in [0.29, 0.717) is 5.11 Å². The third-order valence-corrected chi connectivity index (χ3v) is 3.57. The molecule has 124 valence electrons. The van der Waals surface area contributed by atoms with Gasteiger partial charge in [0, 0.05) is 18.1 Å². The first-order chi connectivity index (χ1) is 12.2. The molecule has 6 heteroatoms. The van der Waals surface area contributed by atoms with Crippen LogP contribution in [0, 0.1) is 6.92 Å². The molecule has 2 aromatic heterocycles. The summed E-state index contributed by atoms with van der Waals surface area (Å²) in [6.07, 6.45) is 5.21. The second kappa shape index (κ2) is 8.12. The van der Waals surface area contributed by atoms with E-state index in [1.165, 1.54) is 0 Å². The molecule has 0 unspecified atom stereocenters. The number of nitrogens with zero attached hydrogens (tertiary/aromatic N) is 3. The van der Waals surface area contributed by atoms with Gasteiger partial charge in [0.05, 0.1) is 17.6 Å². The Morgan fingerprint density at radius 2 is 1.72 bits per heavy atom. The molecule has 5 nitrogen and oxygen atoms in total. The molecule has 0 aliphatic carbocycles. The van der Waals surface area contributed by atoms with Crippen LogP contribution in [0.4, 0.5) is 5.69 Å². The highest BCUT2D eigenvalue weighted by Gasteiger charge is 2.02. The Balaban J connectivity index is 1.64. The van der Waals surface area contributed by atoms with Crippen LogP contribution in [0.2, 0.25) is 0 Å². The number of para-hydroxylation sites is 1. The summed E-state index contributed by atoms with van der Waals surface area (Å²) in [5.41, 5.74) is 7.40. The van der Waals surface area contributed by atoms with Crippen molar-refractivity contribution in [2.75, 3.05) is 5.32 Å². The zero-order chi connectivity index (χ0) is 17.5. The van der Waals surface area contributed by atoms with Crippen LogP contribution in [0.25, 0.3) is 11.4 Å². The lowest BCUT2D eigenvalue weighted by molar-refractivity contribution is 1.05. The standard InChI is InChI=1S/C19H17N5S/c1-14-7-9-20-17(11-14)18-12-15(8-10-21-18)13-22-24-19(25)23-16-5-3-2-4-6-16/h2-13H,1H3,(H2,23,24,25)/b22-13+. The SMILES string of the molecule is Cc1ccnc(-c2cc(/C=N/NC(=S)Nc3ccccc3)ccn2)c1. The van der Waals surface area contributed by atoms with Gasteiger partial charge in [-0.05, 0) is 66.7 Å². The Labute approximate surface area is 151 Å². The highest BCUT2D eigenvalue weighted by atomic mass is 32.1. The lowest BCUT2D eigenvalue weighted by Gasteiger charge is -2.06. The van der Waals surface area contributed by atoms with Crippen LogP contribution in [0.3, 0.4) is 0 Å².